The van der Waals surface area contributed by atoms with Crippen molar-refractivity contribution in [2.24, 2.45) is 0 Å². The third-order valence-electron chi connectivity index (χ3n) is 3.31. The van der Waals surface area contributed by atoms with E-state index in [1.54, 1.807) is 7.11 Å². The summed E-state index contributed by atoms with van der Waals surface area (Å²) in [5, 5.41) is 12.0. The molecule has 0 bridgehead atoms. The number of hydrogen-bond donors (Lipinski definition) is 2. The summed E-state index contributed by atoms with van der Waals surface area (Å²) < 4.78 is 5.09. The van der Waals surface area contributed by atoms with Crippen LogP contribution in [0.1, 0.15) is 26.7 Å². The van der Waals surface area contributed by atoms with Gasteiger partial charge in [0, 0.05) is 17.0 Å². The zero-order valence-corrected chi connectivity index (χ0v) is 13.1. The summed E-state index contributed by atoms with van der Waals surface area (Å²) in [6, 6.07) is 7.62. The predicted octanol–water partition coefficient (Wildman–Crippen LogP) is 2.45. The number of carbonyl (C=O) groups is 1. The van der Waals surface area contributed by atoms with Gasteiger partial charge < -0.3 is 15.2 Å². The van der Waals surface area contributed by atoms with Gasteiger partial charge in [-0.25, -0.2) is 0 Å². The van der Waals surface area contributed by atoms with E-state index in [0.29, 0.717) is 12.2 Å². The fourth-order valence-electron chi connectivity index (χ4n) is 1.77. The van der Waals surface area contributed by atoms with Gasteiger partial charge in [-0.2, -0.15) is 0 Å². The normalized spacial score (nSPS) is 13.6. The molecular weight excluding hydrogens is 274 g/mol. The van der Waals surface area contributed by atoms with Crippen LogP contribution in [0.4, 0.5) is 0 Å². The molecule has 1 atom stereocenters. The minimum absolute atomic E-state index is 0.0105. The van der Waals surface area contributed by atoms with E-state index in [1.807, 2.05) is 38.1 Å². The molecule has 0 aliphatic heterocycles. The molecule has 0 spiro atoms. The molecular formula is C15H23NO3S. The van der Waals surface area contributed by atoms with Gasteiger partial charge in [0.25, 0.3) is 0 Å². The Balaban J connectivity index is 2.45. The summed E-state index contributed by atoms with van der Waals surface area (Å²) in [6.45, 7) is 4.04. The first kappa shape index (κ1) is 16.9. The van der Waals surface area contributed by atoms with E-state index in [-0.39, 0.29) is 18.1 Å². The van der Waals surface area contributed by atoms with E-state index in [9.17, 15) is 4.79 Å². The van der Waals surface area contributed by atoms with E-state index in [0.717, 1.165) is 17.1 Å². The van der Waals surface area contributed by atoms with Gasteiger partial charge in [-0.3, -0.25) is 4.79 Å². The highest BCUT2D eigenvalue weighted by molar-refractivity contribution is 8.00. The van der Waals surface area contributed by atoms with Gasteiger partial charge in [0.15, 0.2) is 0 Å². The van der Waals surface area contributed by atoms with Crippen LogP contribution >= 0.6 is 11.8 Å². The van der Waals surface area contributed by atoms with Crippen LogP contribution in [-0.4, -0.2) is 36.0 Å². The lowest BCUT2D eigenvalue weighted by atomic mass is 9.95. The highest BCUT2D eigenvalue weighted by atomic mass is 32.2. The van der Waals surface area contributed by atoms with Crippen molar-refractivity contribution in [1.29, 1.82) is 0 Å². The quantitative estimate of drug-likeness (QED) is 0.724. The molecule has 1 unspecified atom stereocenters. The Morgan fingerprint density at radius 3 is 2.55 bits per heavy atom. The van der Waals surface area contributed by atoms with Gasteiger partial charge in [-0.05, 0) is 44.0 Å². The number of aliphatic hydroxyl groups excluding tert-OH is 1. The number of nitrogens with one attached hydrogen (secondary N) is 1. The molecule has 1 amide bonds. The monoisotopic (exact) mass is 297 g/mol. The van der Waals surface area contributed by atoms with Gasteiger partial charge in [-0.15, -0.1) is 11.8 Å². The van der Waals surface area contributed by atoms with E-state index in [1.165, 1.54) is 11.8 Å². The van der Waals surface area contributed by atoms with Crippen LogP contribution in [0.15, 0.2) is 29.2 Å². The Hall–Kier alpha value is -1.20. The second-order valence-electron chi connectivity index (χ2n) is 4.90. The highest BCUT2D eigenvalue weighted by Gasteiger charge is 2.23. The number of hydrogen-bond acceptors (Lipinski definition) is 4. The van der Waals surface area contributed by atoms with Crippen molar-refractivity contribution in [3.05, 3.63) is 24.3 Å². The number of benzene rings is 1. The molecule has 1 rings (SSSR count). The maximum atomic E-state index is 12.0. The number of methoxy groups -OCH3 is 1. The number of carbonyl (C=O) groups excluding carboxylic acids is 1. The Morgan fingerprint density at radius 1 is 1.40 bits per heavy atom. The highest BCUT2D eigenvalue weighted by Crippen LogP contribution is 2.21. The summed E-state index contributed by atoms with van der Waals surface area (Å²) in [5.41, 5.74) is -0.327. The van der Waals surface area contributed by atoms with Gasteiger partial charge in [0.1, 0.15) is 5.75 Å². The van der Waals surface area contributed by atoms with E-state index in [4.69, 9.17) is 9.84 Å². The summed E-state index contributed by atoms with van der Waals surface area (Å²) in [5.74, 6) is 1.16. The van der Waals surface area contributed by atoms with Crippen LogP contribution < -0.4 is 10.1 Å². The molecule has 4 nitrogen and oxygen atoms in total. The molecule has 1 aromatic rings. The number of thioether (sulfide) groups is 1. The topological polar surface area (TPSA) is 58.6 Å². The van der Waals surface area contributed by atoms with Crippen molar-refractivity contribution in [2.75, 3.05) is 19.5 Å². The lowest BCUT2D eigenvalue weighted by Crippen LogP contribution is -2.46. The van der Waals surface area contributed by atoms with Crippen LogP contribution in [0.25, 0.3) is 0 Å². The lowest BCUT2D eigenvalue weighted by molar-refractivity contribution is -0.120. The molecule has 0 aliphatic carbocycles. The summed E-state index contributed by atoms with van der Waals surface area (Å²) in [6.07, 6.45) is 1.37. The van der Waals surface area contributed by atoms with Crippen molar-refractivity contribution in [1.82, 2.24) is 5.32 Å². The van der Waals surface area contributed by atoms with Crippen molar-refractivity contribution < 1.29 is 14.6 Å². The first-order valence-corrected chi connectivity index (χ1v) is 7.70. The summed E-state index contributed by atoms with van der Waals surface area (Å²) in [7, 11) is 1.63. The Morgan fingerprint density at radius 2 is 2.05 bits per heavy atom. The zero-order chi connectivity index (χ0) is 15.0. The van der Waals surface area contributed by atoms with Crippen molar-refractivity contribution in [3.8, 4) is 5.75 Å². The average molecular weight is 297 g/mol. The van der Waals surface area contributed by atoms with Crippen LogP contribution in [0.5, 0.6) is 5.75 Å². The van der Waals surface area contributed by atoms with Crippen LogP contribution in [0.2, 0.25) is 0 Å². The first-order valence-electron chi connectivity index (χ1n) is 6.71. The summed E-state index contributed by atoms with van der Waals surface area (Å²) >= 11 is 1.49. The Bertz CT molecular complexity index is 422. The molecule has 0 saturated carbocycles. The molecule has 0 aliphatic rings. The molecule has 0 radical (unpaired) electrons. The van der Waals surface area contributed by atoms with Crippen molar-refractivity contribution in [2.45, 2.75) is 37.1 Å². The standard InChI is InChI=1S/C15H23NO3S/c1-4-15(2,9-10-17)16-14(18)11-20-13-7-5-12(19-3)6-8-13/h5-8,17H,4,9-11H2,1-3H3,(H,16,18). The zero-order valence-electron chi connectivity index (χ0n) is 12.3. The largest absolute Gasteiger partial charge is 0.497 e. The molecule has 20 heavy (non-hydrogen) atoms. The average Bonchev–Trinajstić information content (AvgIpc) is 2.46. The molecule has 0 saturated heterocycles. The van der Waals surface area contributed by atoms with Gasteiger partial charge in [0.2, 0.25) is 5.91 Å². The SMILES string of the molecule is CCC(C)(CCO)NC(=O)CSc1ccc(OC)cc1. The smallest absolute Gasteiger partial charge is 0.230 e. The third kappa shape index (κ3) is 5.43. The second-order valence-corrected chi connectivity index (χ2v) is 5.95. The van der Waals surface area contributed by atoms with E-state index in [2.05, 4.69) is 5.32 Å². The molecule has 2 N–H and O–H groups in total. The molecule has 0 heterocycles. The number of amides is 1. The maximum absolute atomic E-state index is 12.0. The molecule has 0 fully saturated rings. The number of ether oxygens (including phenoxy) is 1. The summed E-state index contributed by atoms with van der Waals surface area (Å²) in [4.78, 5) is 13.0. The van der Waals surface area contributed by atoms with Crippen molar-refractivity contribution in [3.63, 3.8) is 0 Å². The second kappa shape index (κ2) is 8.17. The van der Waals surface area contributed by atoms with E-state index < -0.39 is 0 Å². The molecule has 1 aromatic carbocycles. The third-order valence-corrected chi connectivity index (χ3v) is 4.33. The first-order chi connectivity index (χ1) is 9.53. The lowest BCUT2D eigenvalue weighted by Gasteiger charge is -2.28. The van der Waals surface area contributed by atoms with Gasteiger partial charge in [-0.1, -0.05) is 6.92 Å². The predicted molar refractivity (Wildman–Crippen MR) is 82.3 cm³/mol. The van der Waals surface area contributed by atoms with Crippen molar-refractivity contribution >= 4 is 17.7 Å². The minimum Gasteiger partial charge on any atom is -0.497 e. The Labute approximate surface area is 124 Å². The molecule has 112 valence electrons. The molecule has 0 aromatic heterocycles. The van der Waals surface area contributed by atoms with Gasteiger partial charge >= 0.3 is 0 Å². The number of rotatable bonds is 8. The fourth-order valence-corrected chi connectivity index (χ4v) is 2.47. The maximum Gasteiger partial charge on any atom is 0.230 e. The van der Waals surface area contributed by atoms with Gasteiger partial charge in [0.05, 0.1) is 12.9 Å². The van der Waals surface area contributed by atoms with Crippen LogP contribution in [-0.2, 0) is 4.79 Å². The molecule has 5 heteroatoms. The number of aliphatic hydroxyl groups is 1. The Kier molecular flexibility index (Phi) is 6.88. The minimum atomic E-state index is -0.327. The van der Waals surface area contributed by atoms with Crippen LogP contribution in [0.3, 0.4) is 0 Å². The van der Waals surface area contributed by atoms with Crippen LogP contribution in [0, 0.1) is 0 Å². The van der Waals surface area contributed by atoms with E-state index >= 15 is 0 Å². The fraction of sp³-hybridized carbons (Fsp3) is 0.533.